The number of amides is 1. The minimum absolute atomic E-state index is 0.119. The molecule has 1 fully saturated rings. The highest BCUT2D eigenvalue weighted by atomic mass is 32.1. The Morgan fingerprint density at radius 3 is 2.43 bits per heavy atom. The first kappa shape index (κ1) is 22.5. The van der Waals surface area contributed by atoms with E-state index >= 15 is 0 Å². The highest BCUT2D eigenvalue weighted by Crippen LogP contribution is 2.45. The molecule has 176 valence electrons. The van der Waals surface area contributed by atoms with E-state index < -0.39 is 29.3 Å². The average Bonchev–Trinajstić information content (AvgIpc) is 3.41. The zero-order valence-corrected chi connectivity index (χ0v) is 19.5. The summed E-state index contributed by atoms with van der Waals surface area (Å²) in [7, 11) is 3.06. The molecule has 2 heterocycles. The number of anilines is 1. The molecule has 7 nitrogen and oxygen atoms in total. The molecule has 1 aliphatic heterocycles. The normalized spacial score (nSPS) is 17.2. The van der Waals surface area contributed by atoms with Gasteiger partial charge >= 0.3 is 5.91 Å². The lowest BCUT2D eigenvalue weighted by Gasteiger charge is -2.23. The molecule has 0 saturated carbocycles. The number of rotatable bonds is 5. The third-order valence-electron chi connectivity index (χ3n) is 5.76. The fraction of sp³-hybridized carbons (Fsp3) is 0.115. The molecule has 0 radical (unpaired) electrons. The Morgan fingerprint density at radius 2 is 1.71 bits per heavy atom. The van der Waals surface area contributed by atoms with Crippen molar-refractivity contribution in [3.05, 3.63) is 89.2 Å². The lowest BCUT2D eigenvalue weighted by molar-refractivity contribution is -0.132. The van der Waals surface area contributed by atoms with E-state index in [1.807, 2.05) is 0 Å². The van der Waals surface area contributed by atoms with E-state index in [-0.39, 0.29) is 11.1 Å². The predicted octanol–water partition coefficient (Wildman–Crippen LogP) is 5.08. The van der Waals surface area contributed by atoms with Gasteiger partial charge in [-0.2, -0.15) is 0 Å². The third-order valence-corrected chi connectivity index (χ3v) is 6.78. The molecule has 1 aromatic heterocycles. The van der Waals surface area contributed by atoms with Crippen LogP contribution in [0.4, 0.5) is 9.52 Å². The van der Waals surface area contributed by atoms with Crippen LogP contribution in [-0.2, 0) is 9.59 Å². The number of Topliss-reactive ketones (excluding diaryl/α,β-unsaturated/α-hetero) is 1. The molecule has 1 atom stereocenters. The van der Waals surface area contributed by atoms with Gasteiger partial charge in [-0.05, 0) is 60.2 Å². The van der Waals surface area contributed by atoms with Crippen LogP contribution >= 0.6 is 11.3 Å². The summed E-state index contributed by atoms with van der Waals surface area (Å²) >= 11 is 1.23. The van der Waals surface area contributed by atoms with Crippen molar-refractivity contribution in [1.29, 1.82) is 0 Å². The number of aliphatic hydroxyl groups is 1. The Balaban J connectivity index is 1.72. The number of aliphatic hydroxyl groups excluding tert-OH is 1. The van der Waals surface area contributed by atoms with Crippen LogP contribution in [0.15, 0.2) is 72.3 Å². The molecular formula is C26H19FN2O5S. The molecule has 0 spiro atoms. The lowest BCUT2D eigenvalue weighted by atomic mass is 9.95. The summed E-state index contributed by atoms with van der Waals surface area (Å²) in [4.78, 5) is 32.5. The first-order valence-electron chi connectivity index (χ1n) is 10.6. The summed E-state index contributed by atoms with van der Waals surface area (Å²) in [6.07, 6.45) is 0. The maximum atomic E-state index is 13.5. The second kappa shape index (κ2) is 8.84. The maximum absolute atomic E-state index is 13.5. The summed E-state index contributed by atoms with van der Waals surface area (Å²) in [5.41, 5.74) is 1.28. The Hall–Kier alpha value is -4.24. The molecule has 3 aromatic carbocycles. The minimum Gasteiger partial charge on any atom is -0.507 e. The molecule has 1 N–H and O–H groups in total. The smallest absolute Gasteiger partial charge is 0.301 e. The average molecular weight is 491 g/mol. The summed E-state index contributed by atoms with van der Waals surface area (Å²) < 4.78 is 24.9. The molecule has 35 heavy (non-hydrogen) atoms. The highest BCUT2D eigenvalue weighted by molar-refractivity contribution is 7.22. The molecule has 1 amide bonds. The van der Waals surface area contributed by atoms with Crippen molar-refractivity contribution in [2.45, 2.75) is 6.04 Å². The molecule has 1 unspecified atom stereocenters. The number of fused-ring (bicyclic) bond motifs is 1. The van der Waals surface area contributed by atoms with Crippen LogP contribution < -0.4 is 14.4 Å². The lowest BCUT2D eigenvalue weighted by Crippen LogP contribution is -2.29. The van der Waals surface area contributed by atoms with Gasteiger partial charge in [0.2, 0.25) is 0 Å². The van der Waals surface area contributed by atoms with E-state index in [2.05, 4.69) is 4.98 Å². The molecule has 0 aliphatic carbocycles. The zero-order chi connectivity index (χ0) is 24.7. The van der Waals surface area contributed by atoms with Gasteiger partial charge in [0.1, 0.15) is 23.1 Å². The molecule has 1 aliphatic rings. The highest BCUT2D eigenvalue weighted by Gasteiger charge is 2.48. The van der Waals surface area contributed by atoms with Crippen molar-refractivity contribution in [2.24, 2.45) is 0 Å². The minimum atomic E-state index is -0.974. The number of hydrogen-bond donors (Lipinski definition) is 1. The number of aromatic nitrogens is 1. The summed E-state index contributed by atoms with van der Waals surface area (Å²) in [6.45, 7) is 0. The fourth-order valence-corrected chi connectivity index (χ4v) is 5.06. The monoisotopic (exact) mass is 490 g/mol. The van der Waals surface area contributed by atoms with Crippen LogP contribution in [0.1, 0.15) is 17.2 Å². The number of hydrogen-bond acceptors (Lipinski definition) is 7. The van der Waals surface area contributed by atoms with Gasteiger partial charge < -0.3 is 14.6 Å². The van der Waals surface area contributed by atoms with Gasteiger partial charge in [-0.1, -0.05) is 23.5 Å². The number of ether oxygens (including phenoxy) is 2. The number of carbonyl (C=O) groups is 2. The van der Waals surface area contributed by atoms with Gasteiger partial charge in [-0.15, -0.1) is 0 Å². The Morgan fingerprint density at radius 1 is 1.00 bits per heavy atom. The molecule has 1 saturated heterocycles. The number of carbonyl (C=O) groups excluding carboxylic acids is 2. The third kappa shape index (κ3) is 3.89. The summed E-state index contributed by atoms with van der Waals surface area (Å²) in [5, 5.41) is 11.4. The van der Waals surface area contributed by atoms with Gasteiger partial charge in [-0.25, -0.2) is 9.37 Å². The number of methoxy groups -OCH3 is 2. The molecule has 4 aromatic rings. The van der Waals surface area contributed by atoms with Gasteiger partial charge in [-0.3, -0.25) is 14.5 Å². The first-order valence-corrected chi connectivity index (χ1v) is 11.4. The van der Waals surface area contributed by atoms with Crippen LogP contribution in [0, 0.1) is 5.82 Å². The van der Waals surface area contributed by atoms with Crippen molar-refractivity contribution in [3.63, 3.8) is 0 Å². The second-order valence-corrected chi connectivity index (χ2v) is 8.79. The van der Waals surface area contributed by atoms with Crippen molar-refractivity contribution >= 4 is 44.1 Å². The SMILES string of the molecule is COc1cccc(C2/C(=C(\O)c3ccc(F)cc3)C(=O)C(=O)N2c2nc3ccc(OC)cc3s2)c1. The predicted molar refractivity (Wildman–Crippen MR) is 130 cm³/mol. The van der Waals surface area contributed by atoms with Crippen molar-refractivity contribution in [1.82, 2.24) is 4.98 Å². The molecular weight excluding hydrogens is 471 g/mol. The summed E-state index contributed by atoms with van der Waals surface area (Å²) in [5.74, 6) is -1.43. The second-order valence-electron chi connectivity index (χ2n) is 7.78. The number of benzene rings is 3. The summed E-state index contributed by atoms with van der Waals surface area (Å²) in [6, 6.07) is 16.3. The Labute approximate surface area is 203 Å². The number of halogens is 1. The van der Waals surface area contributed by atoms with Crippen LogP contribution in [0.3, 0.4) is 0 Å². The number of ketones is 1. The topological polar surface area (TPSA) is 89.0 Å². The van der Waals surface area contributed by atoms with E-state index in [4.69, 9.17) is 9.47 Å². The van der Waals surface area contributed by atoms with Gasteiger partial charge in [0.25, 0.3) is 5.78 Å². The van der Waals surface area contributed by atoms with E-state index in [0.29, 0.717) is 27.7 Å². The van der Waals surface area contributed by atoms with Crippen LogP contribution in [0.2, 0.25) is 0 Å². The van der Waals surface area contributed by atoms with E-state index in [0.717, 1.165) is 4.70 Å². The number of thiazole rings is 1. The molecule has 0 bridgehead atoms. The van der Waals surface area contributed by atoms with Crippen LogP contribution in [0.5, 0.6) is 11.5 Å². The first-order chi connectivity index (χ1) is 16.9. The maximum Gasteiger partial charge on any atom is 0.301 e. The molecule has 9 heteroatoms. The van der Waals surface area contributed by atoms with E-state index in [1.54, 1.807) is 49.6 Å². The van der Waals surface area contributed by atoms with Crippen molar-refractivity contribution < 1.29 is 28.6 Å². The van der Waals surface area contributed by atoms with Crippen molar-refractivity contribution in [3.8, 4) is 11.5 Å². The van der Waals surface area contributed by atoms with Crippen molar-refractivity contribution in [2.75, 3.05) is 19.1 Å². The van der Waals surface area contributed by atoms with E-state index in [1.165, 1.54) is 47.6 Å². The number of nitrogens with zero attached hydrogens (tertiary/aromatic N) is 2. The Kier molecular flexibility index (Phi) is 5.70. The van der Waals surface area contributed by atoms with Gasteiger partial charge in [0, 0.05) is 5.56 Å². The fourth-order valence-electron chi connectivity index (χ4n) is 4.04. The molecule has 5 rings (SSSR count). The largest absolute Gasteiger partial charge is 0.507 e. The van der Waals surface area contributed by atoms with Crippen LogP contribution in [0.25, 0.3) is 16.0 Å². The van der Waals surface area contributed by atoms with Gasteiger partial charge in [0.05, 0.1) is 36.1 Å². The van der Waals surface area contributed by atoms with Crippen LogP contribution in [-0.4, -0.2) is 36.0 Å². The van der Waals surface area contributed by atoms with E-state index in [9.17, 15) is 19.1 Å². The Bertz CT molecular complexity index is 1500. The van der Waals surface area contributed by atoms with Gasteiger partial charge in [0.15, 0.2) is 5.13 Å². The standard InChI is InChI=1S/C26H19FN2O5S/c1-33-17-5-3-4-15(12-17)22-21(23(30)14-6-8-16(27)9-7-14)24(31)25(32)29(22)26-28-19-11-10-18(34-2)13-20(19)35-26/h3-13,22,30H,1-2H3/b23-21+. The zero-order valence-electron chi connectivity index (χ0n) is 18.7. The quantitative estimate of drug-likeness (QED) is 0.239.